The molecule has 1 amide bonds. The number of nitrogens with one attached hydrogen (secondary N) is 1. The number of hydrogen-bond donors (Lipinski definition) is 2. The Balaban J connectivity index is 1.76. The molecule has 0 heterocycles. The molecule has 0 aliphatic heterocycles. The minimum Gasteiger partial charge on any atom is -0.497 e. The van der Waals surface area contributed by atoms with E-state index in [9.17, 15) is 9.59 Å². The summed E-state index contributed by atoms with van der Waals surface area (Å²) in [7, 11) is 1.61. The molecule has 5 nitrogen and oxygen atoms in total. The van der Waals surface area contributed by atoms with Crippen LogP contribution in [0, 0.1) is 5.92 Å². The number of amides is 1. The molecule has 114 valence electrons. The van der Waals surface area contributed by atoms with E-state index in [1.807, 2.05) is 24.3 Å². The van der Waals surface area contributed by atoms with Gasteiger partial charge < -0.3 is 15.2 Å². The number of hydrogen-bond acceptors (Lipinski definition) is 4. The van der Waals surface area contributed by atoms with E-state index in [1.54, 1.807) is 7.11 Å². The molecular formula is C15H19NO4S. The molecule has 0 unspecified atom stereocenters. The van der Waals surface area contributed by atoms with Gasteiger partial charge in [0.2, 0.25) is 5.91 Å². The molecule has 21 heavy (non-hydrogen) atoms. The highest BCUT2D eigenvalue weighted by Gasteiger charge is 2.30. The van der Waals surface area contributed by atoms with E-state index in [4.69, 9.17) is 9.84 Å². The standard InChI is InChI=1S/C15H19NO4S/c1-20-12-3-2-4-13(8-12)21-9-14(17)16-11-6-5-10(7-11)15(18)19/h2-4,8,10-11H,5-7,9H2,1H3,(H,16,17)(H,18,19)/t10-,11+/m0/s1. The van der Waals surface area contributed by atoms with Gasteiger partial charge in [-0.15, -0.1) is 11.8 Å². The molecule has 1 fully saturated rings. The van der Waals surface area contributed by atoms with Gasteiger partial charge in [0.1, 0.15) is 5.75 Å². The molecular weight excluding hydrogens is 290 g/mol. The van der Waals surface area contributed by atoms with Gasteiger partial charge in [0.25, 0.3) is 0 Å². The van der Waals surface area contributed by atoms with Crippen LogP contribution in [0.4, 0.5) is 0 Å². The lowest BCUT2D eigenvalue weighted by Crippen LogP contribution is -2.34. The van der Waals surface area contributed by atoms with Crippen molar-refractivity contribution in [2.45, 2.75) is 30.2 Å². The molecule has 6 heteroatoms. The van der Waals surface area contributed by atoms with Crippen molar-refractivity contribution in [3.05, 3.63) is 24.3 Å². The Morgan fingerprint density at radius 2 is 2.24 bits per heavy atom. The Bertz CT molecular complexity index is 520. The minimum atomic E-state index is -0.766. The summed E-state index contributed by atoms with van der Waals surface area (Å²) in [6, 6.07) is 7.54. The molecule has 1 aromatic rings. The van der Waals surface area contributed by atoms with Crippen molar-refractivity contribution in [3.63, 3.8) is 0 Å². The van der Waals surface area contributed by atoms with Crippen LogP contribution in [0.2, 0.25) is 0 Å². The number of carbonyl (C=O) groups is 2. The molecule has 0 radical (unpaired) electrons. The molecule has 1 aliphatic carbocycles. The Labute approximate surface area is 128 Å². The molecule has 2 atom stereocenters. The van der Waals surface area contributed by atoms with E-state index in [2.05, 4.69) is 5.32 Å². The first kappa shape index (κ1) is 15.7. The summed E-state index contributed by atoms with van der Waals surface area (Å²) in [5.74, 6) is -0.0558. The highest BCUT2D eigenvalue weighted by Crippen LogP contribution is 2.26. The van der Waals surface area contributed by atoms with Gasteiger partial charge in [-0.05, 0) is 37.5 Å². The van der Waals surface area contributed by atoms with Crippen molar-refractivity contribution < 1.29 is 19.4 Å². The second-order valence-electron chi connectivity index (χ2n) is 5.08. The average Bonchev–Trinajstić information content (AvgIpc) is 2.94. The fourth-order valence-electron chi connectivity index (χ4n) is 2.45. The van der Waals surface area contributed by atoms with E-state index in [0.717, 1.165) is 17.1 Å². The smallest absolute Gasteiger partial charge is 0.306 e. The van der Waals surface area contributed by atoms with Crippen LogP contribution in [0.1, 0.15) is 19.3 Å². The largest absolute Gasteiger partial charge is 0.497 e. The predicted octanol–water partition coefficient (Wildman–Crippen LogP) is 2.16. The van der Waals surface area contributed by atoms with Crippen molar-refractivity contribution >= 4 is 23.6 Å². The van der Waals surface area contributed by atoms with E-state index >= 15 is 0 Å². The van der Waals surface area contributed by atoms with Crippen LogP contribution in [0.25, 0.3) is 0 Å². The van der Waals surface area contributed by atoms with Gasteiger partial charge in [-0.25, -0.2) is 0 Å². The zero-order valence-electron chi connectivity index (χ0n) is 11.9. The maximum atomic E-state index is 11.9. The first-order valence-corrected chi connectivity index (χ1v) is 7.86. The number of benzene rings is 1. The van der Waals surface area contributed by atoms with E-state index in [0.29, 0.717) is 18.6 Å². The zero-order valence-corrected chi connectivity index (χ0v) is 12.7. The molecule has 2 rings (SSSR count). The van der Waals surface area contributed by atoms with Crippen LogP contribution in [0.3, 0.4) is 0 Å². The highest BCUT2D eigenvalue weighted by atomic mass is 32.2. The third kappa shape index (κ3) is 4.67. The van der Waals surface area contributed by atoms with Crippen molar-refractivity contribution in [2.75, 3.05) is 12.9 Å². The maximum absolute atomic E-state index is 11.9. The number of carboxylic acid groups (broad SMARTS) is 1. The fourth-order valence-corrected chi connectivity index (χ4v) is 3.20. The number of rotatable bonds is 6. The summed E-state index contributed by atoms with van der Waals surface area (Å²) < 4.78 is 5.13. The van der Waals surface area contributed by atoms with Crippen LogP contribution in [-0.2, 0) is 9.59 Å². The Morgan fingerprint density at radius 3 is 2.90 bits per heavy atom. The van der Waals surface area contributed by atoms with E-state index in [-0.39, 0.29) is 17.9 Å². The average molecular weight is 309 g/mol. The molecule has 0 bridgehead atoms. The predicted molar refractivity (Wildman–Crippen MR) is 80.6 cm³/mol. The van der Waals surface area contributed by atoms with Gasteiger partial charge >= 0.3 is 5.97 Å². The summed E-state index contributed by atoms with van der Waals surface area (Å²) in [5, 5.41) is 11.8. The van der Waals surface area contributed by atoms with Crippen molar-refractivity contribution in [1.82, 2.24) is 5.32 Å². The second kappa shape index (κ2) is 7.36. The van der Waals surface area contributed by atoms with Gasteiger partial charge in [0.15, 0.2) is 0 Å². The minimum absolute atomic E-state index is 0.00971. The lowest BCUT2D eigenvalue weighted by Gasteiger charge is -2.12. The third-order valence-electron chi connectivity index (χ3n) is 3.56. The number of carboxylic acids is 1. The van der Waals surface area contributed by atoms with Crippen LogP contribution in [0.15, 0.2) is 29.2 Å². The molecule has 0 saturated heterocycles. The second-order valence-corrected chi connectivity index (χ2v) is 6.13. The van der Waals surface area contributed by atoms with Gasteiger partial charge in [-0.1, -0.05) is 6.07 Å². The lowest BCUT2D eigenvalue weighted by molar-refractivity contribution is -0.141. The SMILES string of the molecule is COc1cccc(SCC(=O)N[C@@H]2CC[C@H](C(=O)O)C2)c1. The number of carbonyl (C=O) groups excluding carboxylic acids is 1. The van der Waals surface area contributed by atoms with Crippen LogP contribution < -0.4 is 10.1 Å². The van der Waals surface area contributed by atoms with Gasteiger partial charge in [-0.2, -0.15) is 0 Å². The van der Waals surface area contributed by atoms with Gasteiger partial charge in [-0.3, -0.25) is 9.59 Å². The summed E-state index contributed by atoms with van der Waals surface area (Å²) in [6.07, 6.45) is 1.92. The van der Waals surface area contributed by atoms with Gasteiger partial charge in [0.05, 0.1) is 18.8 Å². The zero-order chi connectivity index (χ0) is 15.2. The van der Waals surface area contributed by atoms with Crippen LogP contribution in [0.5, 0.6) is 5.75 Å². The summed E-state index contributed by atoms with van der Waals surface area (Å²) in [6.45, 7) is 0. The number of methoxy groups -OCH3 is 1. The number of aliphatic carboxylic acids is 1. The number of thioether (sulfide) groups is 1. The Hall–Kier alpha value is -1.69. The summed E-state index contributed by atoms with van der Waals surface area (Å²) in [5.41, 5.74) is 0. The lowest BCUT2D eigenvalue weighted by atomic mass is 10.1. The Morgan fingerprint density at radius 1 is 1.43 bits per heavy atom. The monoisotopic (exact) mass is 309 g/mol. The molecule has 1 aliphatic rings. The molecule has 1 aromatic carbocycles. The van der Waals surface area contributed by atoms with Gasteiger partial charge in [0, 0.05) is 10.9 Å². The first-order chi connectivity index (χ1) is 10.1. The molecule has 2 N–H and O–H groups in total. The first-order valence-electron chi connectivity index (χ1n) is 6.87. The maximum Gasteiger partial charge on any atom is 0.306 e. The van der Waals surface area contributed by atoms with Crippen molar-refractivity contribution in [1.29, 1.82) is 0 Å². The van der Waals surface area contributed by atoms with Crippen LogP contribution in [-0.4, -0.2) is 35.9 Å². The van der Waals surface area contributed by atoms with E-state index < -0.39 is 5.97 Å². The topological polar surface area (TPSA) is 75.6 Å². The quantitative estimate of drug-likeness (QED) is 0.788. The molecule has 0 aromatic heterocycles. The normalized spacial score (nSPS) is 21.0. The van der Waals surface area contributed by atoms with E-state index in [1.165, 1.54) is 11.8 Å². The summed E-state index contributed by atoms with van der Waals surface area (Å²) in [4.78, 5) is 23.7. The summed E-state index contributed by atoms with van der Waals surface area (Å²) >= 11 is 1.44. The molecule has 1 saturated carbocycles. The third-order valence-corrected chi connectivity index (χ3v) is 4.55. The van der Waals surface area contributed by atoms with Crippen LogP contribution >= 0.6 is 11.8 Å². The fraction of sp³-hybridized carbons (Fsp3) is 0.467. The van der Waals surface area contributed by atoms with Crippen molar-refractivity contribution in [2.24, 2.45) is 5.92 Å². The Kier molecular flexibility index (Phi) is 5.50. The number of ether oxygens (including phenoxy) is 1. The van der Waals surface area contributed by atoms with Crippen molar-refractivity contribution in [3.8, 4) is 5.75 Å². The highest BCUT2D eigenvalue weighted by molar-refractivity contribution is 8.00. The molecule has 0 spiro atoms.